The Morgan fingerprint density at radius 1 is 1.26 bits per heavy atom. The van der Waals surface area contributed by atoms with Gasteiger partial charge in [-0.15, -0.1) is 12.4 Å². The molecule has 27 heavy (non-hydrogen) atoms. The first kappa shape index (κ1) is 20.6. The highest BCUT2D eigenvalue weighted by atomic mass is 35.5. The van der Waals surface area contributed by atoms with Crippen LogP contribution in [0.25, 0.3) is 0 Å². The van der Waals surface area contributed by atoms with E-state index >= 15 is 0 Å². The van der Waals surface area contributed by atoms with Crippen LogP contribution in [0.3, 0.4) is 0 Å². The predicted molar refractivity (Wildman–Crippen MR) is 110 cm³/mol. The number of rotatable bonds is 4. The first-order chi connectivity index (χ1) is 12.4. The largest absolute Gasteiger partial charge is 0.495 e. The molecule has 0 saturated carbocycles. The summed E-state index contributed by atoms with van der Waals surface area (Å²) in [5.41, 5.74) is 9.97. The molecule has 1 saturated heterocycles. The number of amides is 2. The molecule has 1 unspecified atom stereocenters. The Labute approximate surface area is 165 Å². The molecule has 6 nitrogen and oxygen atoms in total. The zero-order chi connectivity index (χ0) is 18.8. The van der Waals surface area contributed by atoms with Crippen molar-refractivity contribution < 1.29 is 14.3 Å². The van der Waals surface area contributed by atoms with E-state index in [1.54, 1.807) is 23.1 Å². The van der Waals surface area contributed by atoms with E-state index in [1.165, 1.54) is 7.11 Å². The standard InChI is InChI=1S/C20H23N3O3.ClH/c1-12-5-4-6-17(13(12)2)23-11-14(9-19(23)24)20(25)22-15-7-8-18(26-3)16(21)10-15;/h4-8,10,14H,9,11,21H2,1-3H3,(H,22,25);1H. The number of ether oxygens (including phenoxy) is 1. The summed E-state index contributed by atoms with van der Waals surface area (Å²) in [6.45, 7) is 4.38. The normalized spacial score (nSPS) is 16.0. The topological polar surface area (TPSA) is 84.7 Å². The lowest BCUT2D eigenvalue weighted by molar-refractivity contribution is -0.122. The van der Waals surface area contributed by atoms with Crippen molar-refractivity contribution in [3.8, 4) is 5.75 Å². The van der Waals surface area contributed by atoms with Gasteiger partial charge < -0.3 is 20.7 Å². The Morgan fingerprint density at radius 3 is 2.67 bits per heavy atom. The number of nitrogen functional groups attached to an aromatic ring is 1. The smallest absolute Gasteiger partial charge is 0.229 e. The van der Waals surface area contributed by atoms with Crippen LogP contribution in [-0.2, 0) is 9.59 Å². The minimum Gasteiger partial charge on any atom is -0.495 e. The lowest BCUT2D eigenvalue weighted by Gasteiger charge is -2.20. The third-order valence-corrected chi connectivity index (χ3v) is 4.86. The SMILES string of the molecule is COc1ccc(NC(=O)C2CC(=O)N(c3cccc(C)c3C)C2)cc1N.Cl. The summed E-state index contributed by atoms with van der Waals surface area (Å²) in [5.74, 6) is -0.0605. The lowest BCUT2D eigenvalue weighted by Crippen LogP contribution is -2.28. The third-order valence-electron chi connectivity index (χ3n) is 4.86. The van der Waals surface area contributed by atoms with Gasteiger partial charge in [0.05, 0.1) is 18.7 Å². The molecule has 2 aromatic carbocycles. The van der Waals surface area contributed by atoms with E-state index in [1.807, 2.05) is 32.0 Å². The Balaban J connectivity index is 0.00000261. The lowest BCUT2D eigenvalue weighted by atomic mass is 10.1. The summed E-state index contributed by atoms with van der Waals surface area (Å²) >= 11 is 0. The second kappa shape index (κ2) is 8.31. The summed E-state index contributed by atoms with van der Waals surface area (Å²) in [6, 6.07) is 10.9. The second-order valence-electron chi connectivity index (χ2n) is 6.57. The van der Waals surface area contributed by atoms with Crippen molar-refractivity contribution in [1.82, 2.24) is 0 Å². The predicted octanol–water partition coefficient (Wildman–Crippen LogP) is 3.31. The average molecular weight is 390 g/mol. The van der Waals surface area contributed by atoms with Crippen molar-refractivity contribution in [2.75, 3.05) is 29.6 Å². The van der Waals surface area contributed by atoms with Gasteiger partial charge in [0.15, 0.2) is 0 Å². The van der Waals surface area contributed by atoms with E-state index in [9.17, 15) is 9.59 Å². The molecule has 1 heterocycles. The molecule has 2 amide bonds. The average Bonchev–Trinajstić information content (AvgIpc) is 2.99. The van der Waals surface area contributed by atoms with Crippen LogP contribution < -0.4 is 20.7 Å². The Bertz CT molecular complexity index is 870. The fourth-order valence-corrected chi connectivity index (χ4v) is 3.20. The molecule has 3 N–H and O–H groups in total. The number of halogens is 1. The second-order valence-corrected chi connectivity index (χ2v) is 6.57. The van der Waals surface area contributed by atoms with Gasteiger partial charge in [0.25, 0.3) is 0 Å². The molecule has 0 spiro atoms. The molecule has 3 rings (SSSR count). The molecular formula is C20H24ClN3O3. The highest BCUT2D eigenvalue weighted by molar-refractivity contribution is 6.04. The van der Waals surface area contributed by atoms with E-state index in [0.29, 0.717) is 23.7 Å². The highest BCUT2D eigenvalue weighted by Crippen LogP contribution is 2.30. The maximum Gasteiger partial charge on any atom is 0.229 e. The summed E-state index contributed by atoms with van der Waals surface area (Å²) < 4.78 is 5.11. The number of hydrogen-bond donors (Lipinski definition) is 2. The van der Waals surface area contributed by atoms with Crippen LogP contribution in [-0.4, -0.2) is 25.5 Å². The number of nitrogens with zero attached hydrogens (tertiary/aromatic N) is 1. The number of nitrogens with two attached hydrogens (primary N) is 1. The van der Waals surface area contributed by atoms with E-state index in [4.69, 9.17) is 10.5 Å². The molecule has 0 aromatic heterocycles. The first-order valence-corrected chi connectivity index (χ1v) is 8.51. The number of carbonyl (C=O) groups excluding carboxylic acids is 2. The van der Waals surface area contributed by atoms with Gasteiger partial charge in [0.1, 0.15) is 5.75 Å². The minimum atomic E-state index is -0.397. The maximum absolute atomic E-state index is 12.6. The van der Waals surface area contributed by atoms with Crippen molar-refractivity contribution >= 4 is 41.3 Å². The summed E-state index contributed by atoms with van der Waals surface area (Å²) in [6.07, 6.45) is 0.199. The molecule has 2 aromatic rings. The van der Waals surface area contributed by atoms with Gasteiger partial charge in [-0.3, -0.25) is 9.59 Å². The number of aryl methyl sites for hydroxylation is 1. The van der Waals surface area contributed by atoms with Crippen LogP contribution in [0.2, 0.25) is 0 Å². The van der Waals surface area contributed by atoms with Crippen molar-refractivity contribution in [3.05, 3.63) is 47.5 Å². The van der Waals surface area contributed by atoms with Crippen LogP contribution in [0.4, 0.5) is 17.1 Å². The molecule has 1 aliphatic heterocycles. The van der Waals surface area contributed by atoms with Crippen LogP contribution in [0.1, 0.15) is 17.5 Å². The maximum atomic E-state index is 12.6. The van der Waals surface area contributed by atoms with Gasteiger partial charge in [-0.2, -0.15) is 0 Å². The molecular weight excluding hydrogens is 366 g/mol. The summed E-state index contributed by atoms with van der Waals surface area (Å²) in [5, 5.41) is 2.84. The zero-order valence-corrected chi connectivity index (χ0v) is 16.4. The minimum absolute atomic E-state index is 0. The molecule has 7 heteroatoms. The van der Waals surface area contributed by atoms with Gasteiger partial charge in [0.2, 0.25) is 11.8 Å². The molecule has 1 aliphatic rings. The van der Waals surface area contributed by atoms with Gasteiger partial charge in [0, 0.05) is 24.3 Å². The molecule has 0 radical (unpaired) electrons. The molecule has 0 aliphatic carbocycles. The quantitative estimate of drug-likeness (QED) is 0.785. The van der Waals surface area contributed by atoms with Gasteiger partial charge in [-0.1, -0.05) is 12.1 Å². The van der Waals surface area contributed by atoms with Gasteiger partial charge in [-0.05, 0) is 49.2 Å². The number of benzene rings is 2. The number of carbonyl (C=O) groups is 2. The number of methoxy groups -OCH3 is 1. The number of nitrogens with one attached hydrogen (secondary N) is 1. The van der Waals surface area contributed by atoms with Crippen molar-refractivity contribution in [2.24, 2.45) is 5.92 Å². The monoisotopic (exact) mass is 389 g/mol. The van der Waals surface area contributed by atoms with Gasteiger partial charge in [-0.25, -0.2) is 0 Å². The van der Waals surface area contributed by atoms with Crippen molar-refractivity contribution in [2.45, 2.75) is 20.3 Å². The van der Waals surface area contributed by atoms with Crippen molar-refractivity contribution in [1.29, 1.82) is 0 Å². The van der Waals surface area contributed by atoms with Crippen LogP contribution in [0.5, 0.6) is 5.75 Å². The first-order valence-electron chi connectivity index (χ1n) is 8.51. The Kier molecular flexibility index (Phi) is 6.33. The van der Waals surface area contributed by atoms with Crippen LogP contribution in [0.15, 0.2) is 36.4 Å². The fourth-order valence-electron chi connectivity index (χ4n) is 3.20. The van der Waals surface area contributed by atoms with E-state index < -0.39 is 5.92 Å². The number of hydrogen-bond acceptors (Lipinski definition) is 4. The highest BCUT2D eigenvalue weighted by Gasteiger charge is 2.35. The van der Waals surface area contributed by atoms with E-state index in [0.717, 1.165) is 16.8 Å². The molecule has 1 fully saturated rings. The fraction of sp³-hybridized carbons (Fsp3) is 0.300. The summed E-state index contributed by atoms with van der Waals surface area (Å²) in [7, 11) is 1.54. The zero-order valence-electron chi connectivity index (χ0n) is 15.6. The van der Waals surface area contributed by atoms with E-state index in [2.05, 4.69) is 5.32 Å². The number of anilines is 3. The molecule has 144 valence electrons. The molecule has 0 bridgehead atoms. The Hall–Kier alpha value is -2.73. The third kappa shape index (κ3) is 4.17. The summed E-state index contributed by atoms with van der Waals surface area (Å²) in [4.78, 5) is 26.7. The van der Waals surface area contributed by atoms with E-state index in [-0.39, 0.29) is 30.6 Å². The van der Waals surface area contributed by atoms with Crippen LogP contribution >= 0.6 is 12.4 Å². The molecule has 1 atom stereocenters. The van der Waals surface area contributed by atoms with Gasteiger partial charge >= 0.3 is 0 Å². The Morgan fingerprint density at radius 2 is 2.00 bits per heavy atom. The van der Waals surface area contributed by atoms with Crippen molar-refractivity contribution in [3.63, 3.8) is 0 Å². The van der Waals surface area contributed by atoms with Crippen LogP contribution in [0, 0.1) is 19.8 Å².